The lowest BCUT2D eigenvalue weighted by Gasteiger charge is -2.33. The molecule has 2 unspecified atom stereocenters. The van der Waals surface area contributed by atoms with Gasteiger partial charge in [-0.25, -0.2) is 0 Å². The predicted octanol–water partition coefficient (Wildman–Crippen LogP) is 2.57. The third kappa shape index (κ3) is 3.89. The van der Waals surface area contributed by atoms with Crippen molar-refractivity contribution in [1.29, 1.82) is 0 Å². The van der Waals surface area contributed by atoms with Crippen LogP contribution < -0.4 is 4.74 Å². The van der Waals surface area contributed by atoms with Crippen molar-refractivity contribution >= 4 is 11.9 Å². The van der Waals surface area contributed by atoms with E-state index >= 15 is 0 Å². The molecule has 0 aromatic heterocycles. The molecule has 5 heteroatoms. The van der Waals surface area contributed by atoms with Gasteiger partial charge < -0.3 is 14.4 Å². The molecule has 0 spiro atoms. The molecule has 0 radical (unpaired) electrons. The minimum absolute atomic E-state index is 0.0353. The monoisotopic (exact) mass is 331 g/mol. The zero-order valence-corrected chi connectivity index (χ0v) is 14.4. The average Bonchev–Trinajstić information content (AvgIpc) is 2.97. The second-order valence-corrected chi connectivity index (χ2v) is 6.95. The number of para-hydroxylation sites is 1. The Balaban J connectivity index is 1.55. The highest BCUT2D eigenvalue weighted by Gasteiger charge is 2.34. The van der Waals surface area contributed by atoms with Crippen molar-refractivity contribution in [3.05, 3.63) is 29.8 Å². The summed E-state index contributed by atoms with van der Waals surface area (Å²) in [4.78, 5) is 26.5. The summed E-state index contributed by atoms with van der Waals surface area (Å²) in [5.41, 5.74) is 1.09. The van der Waals surface area contributed by atoms with Crippen LogP contribution in [0.5, 0.6) is 5.75 Å². The van der Waals surface area contributed by atoms with Crippen LogP contribution in [-0.2, 0) is 20.7 Å². The second-order valence-electron chi connectivity index (χ2n) is 6.95. The molecular weight excluding hydrogens is 306 g/mol. The zero-order chi connectivity index (χ0) is 17.1. The highest BCUT2D eigenvalue weighted by Crippen LogP contribution is 2.30. The molecule has 0 bridgehead atoms. The van der Waals surface area contributed by atoms with Gasteiger partial charge in [-0.1, -0.05) is 18.2 Å². The molecule has 1 amide bonds. The van der Waals surface area contributed by atoms with Gasteiger partial charge in [-0.2, -0.15) is 0 Å². The molecule has 2 aliphatic rings. The normalized spacial score (nSPS) is 22.9. The fraction of sp³-hybridized carbons (Fsp3) is 0.579. The van der Waals surface area contributed by atoms with Crippen molar-refractivity contribution in [2.45, 2.75) is 51.7 Å². The van der Waals surface area contributed by atoms with Crippen LogP contribution in [0.15, 0.2) is 24.3 Å². The van der Waals surface area contributed by atoms with Gasteiger partial charge in [0.1, 0.15) is 5.75 Å². The van der Waals surface area contributed by atoms with E-state index < -0.39 is 6.10 Å². The zero-order valence-electron chi connectivity index (χ0n) is 14.4. The Morgan fingerprint density at radius 3 is 2.88 bits per heavy atom. The van der Waals surface area contributed by atoms with Crippen molar-refractivity contribution in [3.8, 4) is 5.75 Å². The van der Waals surface area contributed by atoms with Gasteiger partial charge in [0, 0.05) is 19.5 Å². The Labute approximate surface area is 142 Å². The van der Waals surface area contributed by atoms with Crippen molar-refractivity contribution in [2.75, 3.05) is 13.1 Å². The van der Waals surface area contributed by atoms with E-state index in [2.05, 4.69) is 0 Å². The fourth-order valence-corrected chi connectivity index (χ4v) is 3.50. The minimum atomic E-state index is -0.427. The third-order valence-corrected chi connectivity index (χ3v) is 4.58. The lowest BCUT2D eigenvalue weighted by atomic mass is 9.94. The Morgan fingerprint density at radius 1 is 1.33 bits per heavy atom. The molecule has 3 rings (SSSR count). The number of fused-ring (bicyclic) bond motifs is 1. The first-order valence-electron chi connectivity index (χ1n) is 8.75. The largest absolute Gasteiger partial charge is 0.480 e. The van der Waals surface area contributed by atoms with Gasteiger partial charge in [-0.15, -0.1) is 0 Å². The number of nitrogens with zero attached hydrogens (tertiary/aromatic N) is 1. The molecule has 1 saturated heterocycles. The number of ether oxygens (including phenoxy) is 2. The molecule has 1 aromatic carbocycles. The van der Waals surface area contributed by atoms with Crippen molar-refractivity contribution in [2.24, 2.45) is 5.92 Å². The smallest absolute Gasteiger partial charge is 0.306 e. The maximum absolute atomic E-state index is 12.8. The molecule has 2 heterocycles. The van der Waals surface area contributed by atoms with Crippen molar-refractivity contribution < 1.29 is 19.1 Å². The average molecular weight is 331 g/mol. The van der Waals surface area contributed by atoms with E-state index in [1.54, 1.807) is 0 Å². The number of amides is 1. The van der Waals surface area contributed by atoms with Gasteiger partial charge in [0.25, 0.3) is 5.91 Å². The molecule has 130 valence electrons. The molecule has 0 N–H and O–H groups in total. The summed E-state index contributed by atoms with van der Waals surface area (Å²) in [6.45, 7) is 5.06. The molecule has 5 nitrogen and oxygen atoms in total. The number of likely N-dealkylation sites (tertiary alicyclic amines) is 1. The third-order valence-electron chi connectivity index (χ3n) is 4.58. The summed E-state index contributed by atoms with van der Waals surface area (Å²) in [5.74, 6) is 0.851. The number of benzene rings is 1. The Morgan fingerprint density at radius 2 is 2.12 bits per heavy atom. The van der Waals surface area contributed by atoms with Crippen LogP contribution in [0.2, 0.25) is 0 Å². The first-order chi connectivity index (χ1) is 11.5. The summed E-state index contributed by atoms with van der Waals surface area (Å²) in [5, 5.41) is 0. The standard InChI is InChI=1S/C19H25NO4/c1-13(2)23-18(21)10-14-6-5-9-20(12-14)19(22)17-11-15-7-3-4-8-16(15)24-17/h3-4,7-8,13-14,17H,5-6,9-12H2,1-2H3. The van der Waals surface area contributed by atoms with E-state index in [1.165, 1.54) is 0 Å². The second kappa shape index (κ2) is 7.24. The highest BCUT2D eigenvalue weighted by atomic mass is 16.5. The van der Waals surface area contributed by atoms with Crippen molar-refractivity contribution in [1.82, 2.24) is 4.90 Å². The SMILES string of the molecule is CC(C)OC(=O)CC1CCCN(C(=O)C2Cc3ccccc3O2)C1. The van der Waals surface area contributed by atoms with E-state index in [0.29, 0.717) is 19.4 Å². The molecule has 24 heavy (non-hydrogen) atoms. The number of hydrogen-bond acceptors (Lipinski definition) is 4. The van der Waals surface area contributed by atoms with Gasteiger partial charge in [0.15, 0.2) is 6.10 Å². The number of carbonyl (C=O) groups excluding carboxylic acids is 2. The van der Waals surface area contributed by atoms with Crippen LogP contribution in [0.1, 0.15) is 38.7 Å². The molecule has 0 aliphatic carbocycles. The van der Waals surface area contributed by atoms with Crippen LogP contribution in [0.4, 0.5) is 0 Å². The van der Waals surface area contributed by atoms with Gasteiger partial charge >= 0.3 is 5.97 Å². The Bertz CT molecular complexity index is 588. The molecule has 2 aliphatic heterocycles. The number of esters is 1. The topological polar surface area (TPSA) is 55.8 Å². The Hall–Kier alpha value is -2.04. The van der Waals surface area contributed by atoms with Crippen LogP contribution in [0.25, 0.3) is 0 Å². The summed E-state index contributed by atoms with van der Waals surface area (Å²) < 4.78 is 11.0. The maximum Gasteiger partial charge on any atom is 0.306 e. The van der Waals surface area contributed by atoms with E-state index in [9.17, 15) is 9.59 Å². The van der Waals surface area contributed by atoms with Gasteiger partial charge in [0.2, 0.25) is 0 Å². The molecule has 2 atom stereocenters. The van der Waals surface area contributed by atoms with Gasteiger partial charge in [0.05, 0.1) is 12.5 Å². The maximum atomic E-state index is 12.8. The summed E-state index contributed by atoms with van der Waals surface area (Å²) >= 11 is 0. The molecule has 1 fully saturated rings. The predicted molar refractivity (Wildman–Crippen MR) is 89.7 cm³/mol. The number of hydrogen-bond donors (Lipinski definition) is 0. The van der Waals surface area contributed by atoms with E-state index in [1.807, 2.05) is 43.0 Å². The lowest BCUT2D eigenvalue weighted by molar-refractivity contribution is -0.150. The molecular formula is C19H25NO4. The number of piperidine rings is 1. The summed E-state index contributed by atoms with van der Waals surface area (Å²) in [6, 6.07) is 7.79. The molecule has 0 saturated carbocycles. The van der Waals surface area contributed by atoms with Crippen molar-refractivity contribution in [3.63, 3.8) is 0 Å². The number of carbonyl (C=O) groups is 2. The van der Waals surface area contributed by atoms with E-state index in [-0.39, 0.29) is 23.9 Å². The molecule has 1 aromatic rings. The lowest BCUT2D eigenvalue weighted by Crippen LogP contribution is -2.46. The minimum Gasteiger partial charge on any atom is -0.480 e. The van der Waals surface area contributed by atoms with Crippen LogP contribution >= 0.6 is 0 Å². The highest BCUT2D eigenvalue weighted by molar-refractivity contribution is 5.83. The van der Waals surface area contributed by atoms with E-state index in [4.69, 9.17) is 9.47 Å². The van der Waals surface area contributed by atoms with Gasteiger partial charge in [-0.3, -0.25) is 9.59 Å². The van der Waals surface area contributed by atoms with Crippen LogP contribution in [-0.4, -0.2) is 42.1 Å². The Kier molecular flexibility index (Phi) is 5.07. The number of rotatable bonds is 4. The summed E-state index contributed by atoms with van der Waals surface area (Å²) in [6.07, 6.45) is 2.38. The first-order valence-corrected chi connectivity index (χ1v) is 8.75. The van der Waals surface area contributed by atoms with E-state index in [0.717, 1.165) is 30.7 Å². The van der Waals surface area contributed by atoms with Gasteiger partial charge in [-0.05, 0) is 44.2 Å². The fourth-order valence-electron chi connectivity index (χ4n) is 3.50. The first kappa shape index (κ1) is 16.8. The van der Waals surface area contributed by atoms with Crippen LogP contribution in [0, 0.1) is 5.92 Å². The quantitative estimate of drug-likeness (QED) is 0.796. The van der Waals surface area contributed by atoms with Crippen LogP contribution in [0.3, 0.4) is 0 Å². The summed E-state index contributed by atoms with van der Waals surface area (Å²) in [7, 11) is 0.